The van der Waals surface area contributed by atoms with Crippen molar-refractivity contribution >= 4 is 23.9 Å². The average molecular weight is 560 g/mol. The molecule has 0 aliphatic heterocycles. The summed E-state index contributed by atoms with van der Waals surface area (Å²) in [6.45, 7) is 6.55. The van der Waals surface area contributed by atoms with Crippen molar-refractivity contribution in [1.29, 1.82) is 0 Å². The summed E-state index contributed by atoms with van der Waals surface area (Å²) in [6, 6.07) is 21.6. The maximum atomic E-state index is 12.7. The quantitative estimate of drug-likeness (QED) is 0.156. The molecule has 0 saturated heterocycles. The number of carbonyl (C=O) groups is 1. The zero-order valence-corrected chi connectivity index (χ0v) is 24.3. The second-order valence-electron chi connectivity index (χ2n) is 9.84. The van der Waals surface area contributed by atoms with Crippen molar-refractivity contribution in [3.63, 3.8) is 0 Å². The monoisotopic (exact) mass is 559 g/mol. The molecule has 3 aromatic carbocycles. The van der Waals surface area contributed by atoms with E-state index in [0.29, 0.717) is 33.8 Å². The Morgan fingerprint density at radius 1 is 0.925 bits per heavy atom. The number of hydrazone groups is 1. The lowest BCUT2D eigenvalue weighted by atomic mass is 9.87. The standard InChI is InChI=1S/C30H33N5O4S/c1-30(2,3)22-14-12-20(13-15-22)28-33-34-29(35(28)23-10-8-7-9-11-23)40-19-27(36)32-31-18-21-16-25(38-5)26(39-6)17-24(21)37-4/h7-18H,19H2,1-6H3,(H,32,36). The summed E-state index contributed by atoms with van der Waals surface area (Å²) in [4.78, 5) is 12.7. The average Bonchev–Trinajstić information content (AvgIpc) is 3.39. The van der Waals surface area contributed by atoms with Gasteiger partial charge in [-0.1, -0.05) is 75.0 Å². The van der Waals surface area contributed by atoms with E-state index in [1.165, 1.54) is 23.5 Å². The largest absolute Gasteiger partial charge is 0.496 e. The SMILES string of the molecule is COc1cc(OC)c(OC)cc1C=NNC(=O)CSc1nnc(-c2ccc(C(C)(C)C)cc2)n1-c1ccccc1. The highest BCUT2D eigenvalue weighted by atomic mass is 32.2. The van der Waals surface area contributed by atoms with Crippen LogP contribution in [-0.4, -0.2) is 54.0 Å². The smallest absolute Gasteiger partial charge is 0.250 e. The first-order valence-electron chi connectivity index (χ1n) is 12.6. The number of ether oxygens (including phenoxy) is 3. The van der Waals surface area contributed by atoms with Gasteiger partial charge in [0, 0.05) is 22.9 Å². The van der Waals surface area contributed by atoms with Crippen molar-refractivity contribution in [3.05, 3.63) is 77.9 Å². The number of methoxy groups -OCH3 is 3. The summed E-state index contributed by atoms with van der Waals surface area (Å²) in [5, 5.41) is 13.6. The molecule has 0 unspecified atom stereocenters. The van der Waals surface area contributed by atoms with Gasteiger partial charge in [-0.05, 0) is 29.2 Å². The van der Waals surface area contributed by atoms with Crippen molar-refractivity contribution in [3.8, 4) is 34.3 Å². The fourth-order valence-electron chi connectivity index (χ4n) is 3.97. The van der Waals surface area contributed by atoms with E-state index < -0.39 is 0 Å². The second-order valence-corrected chi connectivity index (χ2v) is 10.8. The Morgan fingerprint density at radius 2 is 1.57 bits per heavy atom. The lowest BCUT2D eigenvalue weighted by molar-refractivity contribution is -0.118. The Balaban J connectivity index is 1.50. The van der Waals surface area contributed by atoms with E-state index in [1.807, 2.05) is 34.9 Å². The Bertz CT molecular complexity index is 1480. The first kappa shape index (κ1) is 28.7. The van der Waals surface area contributed by atoms with Gasteiger partial charge in [0.05, 0.1) is 33.3 Å². The predicted octanol–water partition coefficient (Wildman–Crippen LogP) is 5.50. The number of thioether (sulfide) groups is 1. The molecule has 1 N–H and O–H groups in total. The van der Waals surface area contributed by atoms with Crippen LogP contribution in [0.2, 0.25) is 0 Å². The predicted molar refractivity (Wildman–Crippen MR) is 158 cm³/mol. The third-order valence-corrected chi connectivity index (χ3v) is 7.05. The summed E-state index contributed by atoms with van der Waals surface area (Å²) in [7, 11) is 4.64. The second kappa shape index (κ2) is 12.7. The number of amides is 1. The van der Waals surface area contributed by atoms with E-state index >= 15 is 0 Å². The molecule has 1 amide bonds. The van der Waals surface area contributed by atoms with E-state index in [4.69, 9.17) is 14.2 Å². The van der Waals surface area contributed by atoms with Crippen molar-refractivity contribution < 1.29 is 19.0 Å². The van der Waals surface area contributed by atoms with E-state index in [0.717, 1.165) is 11.3 Å². The molecule has 0 saturated carbocycles. The van der Waals surface area contributed by atoms with Crippen LogP contribution in [0, 0.1) is 0 Å². The number of carbonyl (C=O) groups excluding carboxylic acids is 1. The number of nitrogens with one attached hydrogen (secondary N) is 1. The number of para-hydroxylation sites is 1. The van der Waals surface area contributed by atoms with Crippen LogP contribution in [-0.2, 0) is 10.2 Å². The van der Waals surface area contributed by atoms with Gasteiger partial charge in [0.25, 0.3) is 5.91 Å². The van der Waals surface area contributed by atoms with Crippen LogP contribution < -0.4 is 19.6 Å². The fourth-order valence-corrected chi connectivity index (χ4v) is 4.71. The highest BCUT2D eigenvalue weighted by Gasteiger charge is 2.19. The van der Waals surface area contributed by atoms with Gasteiger partial charge >= 0.3 is 0 Å². The molecule has 0 aliphatic rings. The van der Waals surface area contributed by atoms with Gasteiger partial charge in [-0.3, -0.25) is 9.36 Å². The van der Waals surface area contributed by atoms with Crippen LogP contribution in [0.4, 0.5) is 0 Å². The number of hydrogen-bond acceptors (Lipinski definition) is 8. The van der Waals surface area contributed by atoms with Gasteiger partial charge < -0.3 is 14.2 Å². The molecule has 208 valence electrons. The van der Waals surface area contributed by atoms with Gasteiger partial charge in [0.15, 0.2) is 22.5 Å². The molecule has 9 nitrogen and oxygen atoms in total. The molecule has 0 radical (unpaired) electrons. The van der Waals surface area contributed by atoms with Crippen LogP contribution in [0.1, 0.15) is 31.9 Å². The van der Waals surface area contributed by atoms with Gasteiger partial charge in [-0.15, -0.1) is 10.2 Å². The highest BCUT2D eigenvalue weighted by Crippen LogP contribution is 2.34. The molecular weight excluding hydrogens is 526 g/mol. The number of rotatable bonds is 10. The summed E-state index contributed by atoms with van der Waals surface area (Å²) in [5.41, 5.74) is 6.32. The third-order valence-electron chi connectivity index (χ3n) is 6.12. The van der Waals surface area contributed by atoms with Crippen molar-refractivity contribution in [2.75, 3.05) is 27.1 Å². The van der Waals surface area contributed by atoms with E-state index in [1.54, 1.807) is 33.5 Å². The van der Waals surface area contributed by atoms with Crippen LogP contribution >= 0.6 is 11.8 Å². The summed E-state index contributed by atoms with van der Waals surface area (Å²) < 4.78 is 18.0. The highest BCUT2D eigenvalue weighted by molar-refractivity contribution is 7.99. The Hall–Kier alpha value is -4.31. The van der Waals surface area contributed by atoms with Gasteiger partial charge in [0.2, 0.25) is 0 Å². The van der Waals surface area contributed by atoms with Gasteiger partial charge in [-0.25, -0.2) is 5.43 Å². The Morgan fingerprint density at radius 3 is 2.20 bits per heavy atom. The molecule has 0 atom stereocenters. The van der Waals surface area contributed by atoms with Crippen LogP contribution in [0.25, 0.3) is 17.1 Å². The molecule has 10 heteroatoms. The Kier molecular flexibility index (Phi) is 9.11. The molecule has 0 spiro atoms. The van der Waals surface area contributed by atoms with E-state index in [-0.39, 0.29) is 17.1 Å². The number of aromatic nitrogens is 3. The Labute approximate surface area is 238 Å². The zero-order chi connectivity index (χ0) is 28.7. The van der Waals surface area contributed by atoms with Crippen molar-refractivity contribution in [1.82, 2.24) is 20.2 Å². The minimum atomic E-state index is -0.292. The first-order valence-corrected chi connectivity index (χ1v) is 13.6. The summed E-state index contributed by atoms with van der Waals surface area (Å²) in [5.74, 6) is 2.09. The van der Waals surface area contributed by atoms with Crippen LogP contribution in [0.3, 0.4) is 0 Å². The molecule has 40 heavy (non-hydrogen) atoms. The minimum absolute atomic E-state index is 0.0487. The van der Waals surface area contributed by atoms with E-state index in [9.17, 15) is 4.79 Å². The normalized spacial score (nSPS) is 11.4. The maximum absolute atomic E-state index is 12.7. The van der Waals surface area contributed by atoms with Crippen LogP contribution in [0.5, 0.6) is 17.2 Å². The molecule has 4 rings (SSSR count). The fraction of sp³-hybridized carbons (Fsp3) is 0.267. The maximum Gasteiger partial charge on any atom is 0.250 e. The summed E-state index contributed by atoms with van der Waals surface area (Å²) >= 11 is 1.28. The number of nitrogens with zero attached hydrogens (tertiary/aromatic N) is 4. The molecule has 1 aromatic heterocycles. The number of hydrogen-bond donors (Lipinski definition) is 1. The molecule has 1 heterocycles. The third kappa shape index (κ3) is 6.63. The van der Waals surface area contributed by atoms with Crippen molar-refractivity contribution in [2.45, 2.75) is 31.3 Å². The summed E-state index contributed by atoms with van der Waals surface area (Å²) in [6.07, 6.45) is 1.50. The topological polar surface area (TPSA) is 99.9 Å². The van der Waals surface area contributed by atoms with Gasteiger partial charge in [-0.2, -0.15) is 5.10 Å². The van der Waals surface area contributed by atoms with Crippen molar-refractivity contribution in [2.24, 2.45) is 5.10 Å². The molecule has 4 aromatic rings. The lowest BCUT2D eigenvalue weighted by Crippen LogP contribution is -2.20. The van der Waals surface area contributed by atoms with E-state index in [2.05, 4.69) is 65.8 Å². The number of benzene rings is 3. The molecular formula is C30H33N5O4S. The molecule has 0 aliphatic carbocycles. The molecule has 0 fully saturated rings. The first-order chi connectivity index (χ1) is 19.2. The van der Waals surface area contributed by atoms with Crippen LogP contribution in [0.15, 0.2) is 77.0 Å². The molecule has 0 bridgehead atoms. The van der Waals surface area contributed by atoms with Gasteiger partial charge in [0.1, 0.15) is 5.75 Å². The minimum Gasteiger partial charge on any atom is -0.496 e. The lowest BCUT2D eigenvalue weighted by Gasteiger charge is -2.19. The zero-order valence-electron chi connectivity index (χ0n) is 23.5.